The molecule has 2 N–H and O–H groups in total. The lowest BCUT2D eigenvalue weighted by Gasteiger charge is -2.20. The first-order valence-corrected chi connectivity index (χ1v) is 4.98. The highest BCUT2D eigenvalue weighted by Gasteiger charge is 2.34. The number of nitrogens with two attached hydrogens (primary N) is 1. The lowest BCUT2D eigenvalue weighted by molar-refractivity contribution is -0.139. The molecule has 0 unspecified atom stereocenters. The van der Waals surface area contributed by atoms with Crippen molar-refractivity contribution in [1.29, 1.82) is 0 Å². The van der Waals surface area contributed by atoms with Crippen LogP contribution in [0.2, 0.25) is 0 Å². The molecule has 0 aliphatic heterocycles. The van der Waals surface area contributed by atoms with E-state index in [0.717, 1.165) is 6.07 Å². The SMILES string of the molecule is CCO[C@H](CN)c1ccccc1C(F)(F)F. The summed E-state index contributed by atoms with van der Waals surface area (Å²) in [5.74, 6) is 0. The quantitative estimate of drug-likeness (QED) is 0.867. The zero-order chi connectivity index (χ0) is 12.2. The minimum Gasteiger partial charge on any atom is -0.372 e. The summed E-state index contributed by atoms with van der Waals surface area (Å²) in [6.45, 7) is 2.08. The number of rotatable bonds is 4. The molecule has 0 aliphatic carbocycles. The highest BCUT2D eigenvalue weighted by molar-refractivity contribution is 5.31. The average molecular weight is 233 g/mol. The zero-order valence-electron chi connectivity index (χ0n) is 8.92. The van der Waals surface area contributed by atoms with Crippen LogP contribution < -0.4 is 5.73 Å². The van der Waals surface area contributed by atoms with Crippen molar-refractivity contribution in [3.8, 4) is 0 Å². The number of ether oxygens (including phenoxy) is 1. The fraction of sp³-hybridized carbons (Fsp3) is 0.455. The van der Waals surface area contributed by atoms with Crippen LogP contribution in [0, 0.1) is 0 Å². The number of halogens is 3. The van der Waals surface area contributed by atoms with Crippen molar-refractivity contribution in [2.45, 2.75) is 19.2 Å². The summed E-state index contributed by atoms with van der Waals surface area (Å²) in [5.41, 5.74) is 4.83. The molecule has 0 fully saturated rings. The van der Waals surface area contributed by atoms with Gasteiger partial charge in [0.2, 0.25) is 0 Å². The van der Waals surface area contributed by atoms with E-state index in [0.29, 0.717) is 6.61 Å². The molecule has 1 aromatic rings. The molecule has 0 bridgehead atoms. The maximum absolute atomic E-state index is 12.7. The number of benzene rings is 1. The third-order valence-electron chi connectivity index (χ3n) is 2.19. The van der Waals surface area contributed by atoms with E-state index in [1.165, 1.54) is 12.1 Å². The Morgan fingerprint density at radius 3 is 2.44 bits per heavy atom. The summed E-state index contributed by atoms with van der Waals surface area (Å²) >= 11 is 0. The van der Waals surface area contributed by atoms with Crippen LogP contribution in [0.3, 0.4) is 0 Å². The Kier molecular flexibility index (Phi) is 4.32. The maximum atomic E-state index is 12.7. The van der Waals surface area contributed by atoms with Gasteiger partial charge < -0.3 is 10.5 Å². The van der Waals surface area contributed by atoms with Crippen LogP contribution in [-0.4, -0.2) is 13.2 Å². The van der Waals surface area contributed by atoms with Crippen LogP contribution in [0.25, 0.3) is 0 Å². The number of alkyl halides is 3. The minimum atomic E-state index is -4.37. The van der Waals surface area contributed by atoms with Gasteiger partial charge in [-0.3, -0.25) is 0 Å². The van der Waals surface area contributed by atoms with Crippen LogP contribution in [0.4, 0.5) is 13.2 Å². The molecule has 90 valence electrons. The molecule has 1 aromatic carbocycles. The number of hydrogen-bond donors (Lipinski definition) is 1. The Balaban J connectivity index is 3.11. The standard InChI is InChI=1S/C11H14F3NO/c1-2-16-10(7-15)8-5-3-4-6-9(8)11(12,13)14/h3-6,10H,2,7,15H2,1H3/t10-/m1/s1. The van der Waals surface area contributed by atoms with Crippen LogP contribution in [0.15, 0.2) is 24.3 Å². The summed E-state index contributed by atoms with van der Waals surface area (Å²) in [6, 6.07) is 5.34. The molecule has 1 atom stereocenters. The van der Waals surface area contributed by atoms with Crippen LogP contribution in [-0.2, 0) is 10.9 Å². The molecule has 0 heterocycles. The maximum Gasteiger partial charge on any atom is 0.416 e. The predicted molar refractivity (Wildman–Crippen MR) is 54.9 cm³/mol. The summed E-state index contributed by atoms with van der Waals surface area (Å²) < 4.78 is 43.3. The molecule has 5 heteroatoms. The van der Waals surface area contributed by atoms with Gasteiger partial charge in [0, 0.05) is 13.2 Å². The Hall–Kier alpha value is -1.07. The zero-order valence-corrected chi connectivity index (χ0v) is 8.92. The molecule has 16 heavy (non-hydrogen) atoms. The molecule has 0 saturated heterocycles. The van der Waals surface area contributed by atoms with Crippen molar-refractivity contribution in [1.82, 2.24) is 0 Å². The van der Waals surface area contributed by atoms with Crippen LogP contribution in [0.1, 0.15) is 24.2 Å². The normalized spacial score (nSPS) is 13.8. The van der Waals surface area contributed by atoms with E-state index in [1.807, 2.05) is 0 Å². The van der Waals surface area contributed by atoms with E-state index < -0.39 is 17.8 Å². The molecule has 1 rings (SSSR count). The van der Waals surface area contributed by atoms with Crippen molar-refractivity contribution >= 4 is 0 Å². The van der Waals surface area contributed by atoms with Gasteiger partial charge in [-0.05, 0) is 18.6 Å². The number of hydrogen-bond acceptors (Lipinski definition) is 2. The van der Waals surface area contributed by atoms with Crippen molar-refractivity contribution in [3.05, 3.63) is 35.4 Å². The molecular formula is C11H14F3NO. The van der Waals surface area contributed by atoms with Crippen molar-refractivity contribution in [2.75, 3.05) is 13.2 Å². The van der Waals surface area contributed by atoms with E-state index in [-0.39, 0.29) is 12.1 Å². The topological polar surface area (TPSA) is 35.2 Å². The summed E-state index contributed by atoms with van der Waals surface area (Å²) in [7, 11) is 0. The second kappa shape index (κ2) is 5.32. The second-order valence-electron chi connectivity index (χ2n) is 3.26. The van der Waals surface area contributed by atoms with Gasteiger partial charge in [-0.15, -0.1) is 0 Å². The molecule has 0 radical (unpaired) electrons. The van der Waals surface area contributed by atoms with Crippen molar-refractivity contribution < 1.29 is 17.9 Å². The monoisotopic (exact) mass is 233 g/mol. The average Bonchev–Trinajstić information content (AvgIpc) is 2.25. The van der Waals surface area contributed by atoms with Gasteiger partial charge >= 0.3 is 6.18 Å². The van der Waals surface area contributed by atoms with E-state index >= 15 is 0 Å². The fourth-order valence-electron chi connectivity index (χ4n) is 1.52. The Labute approximate surface area is 92.2 Å². The first-order chi connectivity index (χ1) is 7.50. The summed E-state index contributed by atoms with van der Waals surface area (Å²) in [5, 5.41) is 0. The van der Waals surface area contributed by atoms with Gasteiger partial charge in [0.05, 0.1) is 11.7 Å². The van der Waals surface area contributed by atoms with Gasteiger partial charge in [-0.2, -0.15) is 13.2 Å². The smallest absolute Gasteiger partial charge is 0.372 e. The van der Waals surface area contributed by atoms with Gasteiger partial charge in [-0.25, -0.2) is 0 Å². The second-order valence-corrected chi connectivity index (χ2v) is 3.26. The van der Waals surface area contributed by atoms with Crippen LogP contribution in [0.5, 0.6) is 0 Å². The van der Waals surface area contributed by atoms with Gasteiger partial charge in [0.1, 0.15) is 0 Å². The highest BCUT2D eigenvalue weighted by atomic mass is 19.4. The van der Waals surface area contributed by atoms with E-state index in [1.54, 1.807) is 13.0 Å². The Morgan fingerprint density at radius 1 is 1.31 bits per heavy atom. The van der Waals surface area contributed by atoms with E-state index in [4.69, 9.17) is 10.5 Å². The lowest BCUT2D eigenvalue weighted by atomic mass is 10.0. The van der Waals surface area contributed by atoms with Gasteiger partial charge in [0.15, 0.2) is 0 Å². The molecule has 2 nitrogen and oxygen atoms in total. The van der Waals surface area contributed by atoms with E-state index in [2.05, 4.69) is 0 Å². The van der Waals surface area contributed by atoms with Crippen molar-refractivity contribution in [3.63, 3.8) is 0 Å². The summed E-state index contributed by atoms with van der Waals surface area (Å²) in [6.07, 6.45) is -5.08. The lowest BCUT2D eigenvalue weighted by Crippen LogP contribution is -2.20. The Morgan fingerprint density at radius 2 is 1.94 bits per heavy atom. The van der Waals surface area contributed by atoms with Gasteiger partial charge in [-0.1, -0.05) is 18.2 Å². The predicted octanol–water partition coefficient (Wildman–Crippen LogP) is 2.74. The Bertz CT molecular complexity index is 338. The molecule has 0 amide bonds. The van der Waals surface area contributed by atoms with Crippen molar-refractivity contribution in [2.24, 2.45) is 5.73 Å². The molecular weight excluding hydrogens is 219 g/mol. The third-order valence-corrected chi connectivity index (χ3v) is 2.19. The highest BCUT2D eigenvalue weighted by Crippen LogP contribution is 2.35. The largest absolute Gasteiger partial charge is 0.416 e. The first-order valence-electron chi connectivity index (χ1n) is 4.98. The van der Waals surface area contributed by atoms with E-state index in [9.17, 15) is 13.2 Å². The molecule has 0 spiro atoms. The third kappa shape index (κ3) is 2.96. The fourth-order valence-corrected chi connectivity index (χ4v) is 1.52. The minimum absolute atomic E-state index is 0.0287. The summed E-state index contributed by atoms with van der Waals surface area (Å²) in [4.78, 5) is 0. The van der Waals surface area contributed by atoms with Gasteiger partial charge in [0.25, 0.3) is 0 Å². The van der Waals surface area contributed by atoms with Crippen LogP contribution >= 0.6 is 0 Å². The molecule has 0 saturated carbocycles. The molecule has 0 aromatic heterocycles. The first kappa shape index (κ1) is 13.0. The molecule has 0 aliphatic rings.